The van der Waals surface area contributed by atoms with Gasteiger partial charge in [0.1, 0.15) is 0 Å². The smallest absolute Gasteiger partial charge is 0.335 e. The molecule has 21 heavy (non-hydrogen) atoms. The molecular weight excluding hydrogens is 272 g/mol. The molecule has 2 atom stereocenters. The van der Waals surface area contributed by atoms with Gasteiger partial charge in [-0.1, -0.05) is 6.07 Å². The van der Waals surface area contributed by atoms with Crippen LogP contribution in [0.2, 0.25) is 0 Å². The molecule has 112 valence electrons. The molecule has 3 rings (SSSR count). The maximum Gasteiger partial charge on any atom is 0.335 e. The third-order valence-electron chi connectivity index (χ3n) is 4.15. The number of benzene rings is 1. The minimum atomic E-state index is -0.947. The summed E-state index contributed by atoms with van der Waals surface area (Å²) in [5.41, 5.74) is 2.17. The normalized spacial score (nSPS) is 24.0. The summed E-state index contributed by atoms with van der Waals surface area (Å²) in [4.78, 5) is 24.9. The maximum absolute atomic E-state index is 12.3. The Kier molecular flexibility index (Phi) is 3.55. The van der Waals surface area contributed by atoms with Crippen LogP contribution in [0.25, 0.3) is 0 Å². The highest BCUT2D eigenvalue weighted by molar-refractivity contribution is 5.88. The van der Waals surface area contributed by atoms with Crippen LogP contribution in [0.5, 0.6) is 0 Å². The van der Waals surface area contributed by atoms with Gasteiger partial charge in [-0.25, -0.2) is 9.59 Å². The summed E-state index contributed by atoms with van der Waals surface area (Å²) in [6.45, 7) is 3.59. The predicted octanol–water partition coefficient (Wildman–Crippen LogP) is 1.59. The number of carbonyl (C=O) groups is 2. The van der Waals surface area contributed by atoms with Crippen molar-refractivity contribution in [3.8, 4) is 0 Å². The first-order valence-corrected chi connectivity index (χ1v) is 7.07. The molecule has 0 bridgehead atoms. The fourth-order valence-corrected chi connectivity index (χ4v) is 2.84. The molecular formula is C15H18N2O4. The number of fused-ring (bicyclic) bond motifs is 1. The highest BCUT2D eigenvalue weighted by Crippen LogP contribution is 2.24. The lowest BCUT2D eigenvalue weighted by atomic mass is 10.1. The number of nitrogens with zero attached hydrogens (tertiary/aromatic N) is 1. The number of urea groups is 1. The van der Waals surface area contributed by atoms with Gasteiger partial charge in [0.05, 0.1) is 17.7 Å². The number of aromatic carboxylic acids is 1. The Morgan fingerprint density at radius 3 is 2.76 bits per heavy atom. The minimum Gasteiger partial charge on any atom is -0.478 e. The average Bonchev–Trinajstić information content (AvgIpc) is 3.04. The number of rotatable bonds is 2. The molecule has 0 radical (unpaired) electrons. The van der Waals surface area contributed by atoms with E-state index in [1.54, 1.807) is 23.1 Å². The number of hydrogen-bond acceptors (Lipinski definition) is 3. The van der Waals surface area contributed by atoms with Gasteiger partial charge in [-0.05, 0) is 36.6 Å². The summed E-state index contributed by atoms with van der Waals surface area (Å²) >= 11 is 0. The number of hydrogen-bond donors (Lipinski definition) is 2. The van der Waals surface area contributed by atoms with Gasteiger partial charge in [0.15, 0.2) is 0 Å². The molecule has 0 aromatic heterocycles. The Labute approximate surface area is 122 Å². The van der Waals surface area contributed by atoms with Gasteiger partial charge >= 0.3 is 12.0 Å². The van der Waals surface area contributed by atoms with E-state index >= 15 is 0 Å². The second-order valence-electron chi connectivity index (χ2n) is 5.57. The molecule has 0 spiro atoms. The van der Waals surface area contributed by atoms with Gasteiger partial charge in [-0.15, -0.1) is 0 Å². The Bertz CT molecular complexity index is 587. The molecule has 2 aliphatic rings. The van der Waals surface area contributed by atoms with Gasteiger partial charge in [0.25, 0.3) is 0 Å². The molecule has 6 nitrogen and oxygen atoms in total. The number of carbonyl (C=O) groups excluding carboxylic acids is 1. The van der Waals surface area contributed by atoms with Crippen molar-refractivity contribution in [2.75, 3.05) is 6.61 Å². The second-order valence-corrected chi connectivity index (χ2v) is 5.57. The molecule has 2 unspecified atom stereocenters. The van der Waals surface area contributed by atoms with Gasteiger partial charge in [0, 0.05) is 19.7 Å². The highest BCUT2D eigenvalue weighted by atomic mass is 16.5. The molecule has 0 aliphatic carbocycles. The van der Waals surface area contributed by atoms with Crippen molar-refractivity contribution < 1.29 is 19.4 Å². The highest BCUT2D eigenvalue weighted by Gasteiger charge is 2.30. The third kappa shape index (κ3) is 2.71. The van der Waals surface area contributed by atoms with Crippen LogP contribution in [0, 0.1) is 0 Å². The molecule has 1 aromatic carbocycles. The monoisotopic (exact) mass is 290 g/mol. The lowest BCUT2D eigenvalue weighted by molar-refractivity contribution is 0.0696. The fourth-order valence-electron chi connectivity index (χ4n) is 2.84. The summed E-state index contributed by atoms with van der Waals surface area (Å²) < 4.78 is 5.43. The average molecular weight is 290 g/mol. The van der Waals surface area contributed by atoms with E-state index < -0.39 is 5.97 Å². The predicted molar refractivity (Wildman–Crippen MR) is 75.0 cm³/mol. The van der Waals surface area contributed by atoms with Crippen molar-refractivity contribution in [3.63, 3.8) is 0 Å². The van der Waals surface area contributed by atoms with Crippen molar-refractivity contribution in [1.29, 1.82) is 0 Å². The van der Waals surface area contributed by atoms with Crippen LogP contribution in [0.4, 0.5) is 4.79 Å². The van der Waals surface area contributed by atoms with Gasteiger partial charge in [-0.3, -0.25) is 0 Å². The number of carboxylic acid groups (broad SMARTS) is 1. The summed E-state index contributed by atoms with van der Waals surface area (Å²) in [7, 11) is 0. The fraction of sp³-hybridized carbons (Fsp3) is 0.467. The van der Waals surface area contributed by atoms with E-state index in [1.807, 2.05) is 6.92 Å². The molecule has 1 saturated heterocycles. The lowest BCUT2D eigenvalue weighted by Crippen LogP contribution is -2.45. The standard InChI is InChI=1S/C15H18N2O4/c1-9-13(4-5-21-9)16-15(20)17-7-11-3-2-10(14(18)19)6-12(11)8-17/h2-3,6,9,13H,4-5,7-8H2,1H3,(H,16,20)(H,18,19). The van der Waals surface area contributed by atoms with Crippen LogP contribution in [0.1, 0.15) is 34.8 Å². The molecule has 1 aromatic rings. The van der Waals surface area contributed by atoms with Crippen LogP contribution >= 0.6 is 0 Å². The van der Waals surface area contributed by atoms with Crippen molar-refractivity contribution in [3.05, 3.63) is 34.9 Å². The van der Waals surface area contributed by atoms with Crippen molar-refractivity contribution >= 4 is 12.0 Å². The molecule has 2 amide bonds. The topological polar surface area (TPSA) is 78.9 Å². The molecule has 1 fully saturated rings. The molecule has 0 saturated carbocycles. The Hall–Kier alpha value is -2.08. The van der Waals surface area contributed by atoms with E-state index in [9.17, 15) is 9.59 Å². The van der Waals surface area contributed by atoms with Crippen molar-refractivity contribution in [2.24, 2.45) is 0 Å². The maximum atomic E-state index is 12.3. The first-order valence-electron chi connectivity index (χ1n) is 7.07. The van der Waals surface area contributed by atoms with Gasteiger partial charge in [0.2, 0.25) is 0 Å². The van der Waals surface area contributed by atoms with Crippen LogP contribution in [0.15, 0.2) is 18.2 Å². The Balaban J connectivity index is 1.66. The quantitative estimate of drug-likeness (QED) is 0.867. The Morgan fingerprint density at radius 1 is 1.33 bits per heavy atom. The third-order valence-corrected chi connectivity index (χ3v) is 4.15. The van der Waals surface area contributed by atoms with Crippen molar-refractivity contribution in [1.82, 2.24) is 10.2 Å². The van der Waals surface area contributed by atoms with E-state index in [2.05, 4.69) is 5.32 Å². The summed E-state index contributed by atoms with van der Waals surface area (Å²) in [6, 6.07) is 4.94. The number of amides is 2. The van der Waals surface area contributed by atoms with Gasteiger partial charge in [-0.2, -0.15) is 0 Å². The van der Waals surface area contributed by atoms with E-state index in [4.69, 9.17) is 9.84 Å². The minimum absolute atomic E-state index is 0.0394. The zero-order chi connectivity index (χ0) is 15.0. The SMILES string of the molecule is CC1OCCC1NC(=O)N1Cc2ccc(C(=O)O)cc2C1. The molecule has 2 heterocycles. The number of nitrogens with one attached hydrogen (secondary N) is 1. The zero-order valence-electron chi connectivity index (χ0n) is 11.8. The second kappa shape index (κ2) is 5.37. The van der Waals surface area contributed by atoms with Crippen LogP contribution < -0.4 is 5.32 Å². The molecule has 2 aliphatic heterocycles. The molecule has 6 heteroatoms. The van der Waals surface area contributed by atoms with E-state index in [0.29, 0.717) is 19.7 Å². The largest absolute Gasteiger partial charge is 0.478 e. The Morgan fingerprint density at radius 2 is 2.10 bits per heavy atom. The van der Waals surface area contributed by atoms with Crippen LogP contribution in [-0.4, -0.2) is 40.8 Å². The molecule has 2 N–H and O–H groups in total. The summed E-state index contributed by atoms with van der Waals surface area (Å²) in [5, 5.41) is 12.0. The van der Waals surface area contributed by atoms with Gasteiger partial charge < -0.3 is 20.1 Å². The van der Waals surface area contributed by atoms with Crippen LogP contribution in [0.3, 0.4) is 0 Å². The zero-order valence-corrected chi connectivity index (χ0v) is 11.8. The summed E-state index contributed by atoms with van der Waals surface area (Å²) in [5.74, 6) is -0.947. The lowest BCUT2D eigenvalue weighted by Gasteiger charge is -2.21. The van der Waals surface area contributed by atoms with E-state index in [-0.39, 0.29) is 23.7 Å². The first-order chi connectivity index (χ1) is 10.0. The van der Waals surface area contributed by atoms with Crippen LogP contribution in [-0.2, 0) is 17.8 Å². The van der Waals surface area contributed by atoms with E-state index in [0.717, 1.165) is 17.5 Å². The number of ether oxygens (including phenoxy) is 1. The number of carboxylic acids is 1. The van der Waals surface area contributed by atoms with Crippen molar-refractivity contribution in [2.45, 2.75) is 38.6 Å². The van der Waals surface area contributed by atoms with E-state index in [1.165, 1.54) is 0 Å². The summed E-state index contributed by atoms with van der Waals surface area (Å²) in [6.07, 6.45) is 0.870. The first kappa shape index (κ1) is 13.9.